The lowest BCUT2D eigenvalue weighted by Crippen LogP contribution is -2.25. The summed E-state index contributed by atoms with van der Waals surface area (Å²) in [6.07, 6.45) is -6.30. The fourth-order valence-electron chi connectivity index (χ4n) is 0.551. The summed E-state index contributed by atoms with van der Waals surface area (Å²) in [5.41, 5.74) is 0. The molecule has 0 aromatic carbocycles. The highest BCUT2D eigenvalue weighted by atomic mass is 19.4. The summed E-state index contributed by atoms with van der Waals surface area (Å²) in [6.45, 7) is 0.923. The Morgan fingerprint density at radius 1 is 1.55 bits per heavy atom. The molecule has 0 spiro atoms. The van der Waals surface area contributed by atoms with Gasteiger partial charge in [-0.25, -0.2) is 0 Å². The van der Waals surface area contributed by atoms with Crippen molar-refractivity contribution >= 4 is 6.29 Å². The molecule has 0 aliphatic rings. The first-order valence-electron chi connectivity index (χ1n) is 3.08. The Morgan fingerprint density at radius 2 is 2.00 bits per heavy atom. The number of rotatable bonds is 3. The molecule has 2 atom stereocenters. The lowest BCUT2D eigenvalue weighted by atomic mass is 10.0. The van der Waals surface area contributed by atoms with Gasteiger partial charge < -0.3 is 9.90 Å². The van der Waals surface area contributed by atoms with Crippen LogP contribution in [0.15, 0.2) is 0 Å². The second-order valence-electron chi connectivity index (χ2n) is 2.38. The Morgan fingerprint density at radius 3 is 2.27 bits per heavy atom. The molecule has 0 aromatic rings. The number of carbonyl (C=O) groups excluding carboxylic acids is 1. The minimum atomic E-state index is -4.33. The summed E-state index contributed by atoms with van der Waals surface area (Å²) in [5.74, 6) is -1.64. The van der Waals surface area contributed by atoms with Crippen molar-refractivity contribution in [1.29, 1.82) is 0 Å². The van der Waals surface area contributed by atoms with Crippen molar-refractivity contribution in [3.05, 3.63) is 0 Å². The third kappa shape index (κ3) is 3.98. The highest BCUT2D eigenvalue weighted by Crippen LogP contribution is 2.28. The summed E-state index contributed by atoms with van der Waals surface area (Å²) >= 11 is 0. The molecule has 2 nitrogen and oxygen atoms in total. The van der Waals surface area contributed by atoms with Gasteiger partial charge in [-0.15, -0.1) is 0 Å². The molecule has 0 aromatic heterocycles. The van der Waals surface area contributed by atoms with E-state index in [1.165, 1.54) is 0 Å². The summed E-state index contributed by atoms with van der Waals surface area (Å²) in [6, 6.07) is 0. The highest BCUT2D eigenvalue weighted by molar-refractivity contribution is 5.55. The van der Waals surface area contributed by atoms with Gasteiger partial charge in [0.2, 0.25) is 0 Å². The molecular weight excluding hydrogens is 161 g/mol. The first-order chi connectivity index (χ1) is 4.88. The molecule has 0 radical (unpaired) electrons. The highest BCUT2D eigenvalue weighted by Gasteiger charge is 2.36. The molecule has 0 rings (SSSR count). The molecule has 66 valence electrons. The quantitative estimate of drug-likeness (QED) is 0.645. The molecule has 0 heterocycles. The lowest BCUT2D eigenvalue weighted by Gasteiger charge is -2.15. The second-order valence-corrected chi connectivity index (χ2v) is 2.38. The van der Waals surface area contributed by atoms with Crippen LogP contribution in [0.25, 0.3) is 0 Å². The molecule has 0 saturated carbocycles. The van der Waals surface area contributed by atoms with Gasteiger partial charge in [-0.1, -0.05) is 6.92 Å². The van der Waals surface area contributed by atoms with Gasteiger partial charge in [0.05, 0.1) is 5.92 Å². The molecule has 1 N–H and O–H groups in total. The van der Waals surface area contributed by atoms with E-state index in [4.69, 9.17) is 5.11 Å². The molecule has 2 unspecified atom stereocenters. The molecule has 5 heteroatoms. The Hall–Kier alpha value is -0.580. The smallest absolute Gasteiger partial charge is 0.386 e. The van der Waals surface area contributed by atoms with Crippen molar-refractivity contribution < 1.29 is 23.1 Å². The number of aldehydes is 1. The standard InChI is InChI=1S/C6H9F3O2/c1-4(6(7,8)9)2-5(11)3-10/h3-5,11H,2H2,1H3. The molecule has 11 heavy (non-hydrogen) atoms. The van der Waals surface area contributed by atoms with E-state index in [0.717, 1.165) is 6.92 Å². The van der Waals surface area contributed by atoms with Gasteiger partial charge in [0, 0.05) is 0 Å². The minimum Gasteiger partial charge on any atom is -0.386 e. The Kier molecular flexibility index (Phi) is 3.51. The second kappa shape index (κ2) is 3.71. The molecular formula is C6H9F3O2. The molecule has 0 saturated heterocycles. The van der Waals surface area contributed by atoms with Crippen LogP contribution in [-0.2, 0) is 4.79 Å². The number of halogens is 3. The average molecular weight is 170 g/mol. The molecule has 0 bridgehead atoms. The van der Waals surface area contributed by atoms with Crippen molar-refractivity contribution in [3.8, 4) is 0 Å². The number of aliphatic hydroxyl groups excluding tert-OH is 1. The van der Waals surface area contributed by atoms with Gasteiger partial charge >= 0.3 is 6.18 Å². The van der Waals surface area contributed by atoms with Gasteiger partial charge in [0.1, 0.15) is 12.4 Å². The van der Waals surface area contributed by atoms with E-state index >= 15 is 0 Å². The minimum absolute atomic E-state index is 0.0994. The van der Waals surface area contributed by atoms with E-state index < -0.39 is 24.6 Å². The maximum atomic E-state index is 11.7. The van der Waals surface area contributed by atoms with Crippen LogP contribution < -0.4 is 0 Å². The molecule has 0 amide bonds. The first kappa shape index (κ1) is 10.4. The maximum absolute atomic E-state index is 11.7. The SMILES string of the molecule is CC(CC(O)C=O)C(F)(F)F. The first-order valence-corrected chi connectivity index (χ1v) is 3.08. The fourth-order valence-corrected chi connectivity index (χ4v) is 0.551. The Balaban J connectivity index is 3.87. The largest absolute Gasteiger partial charge is 0.391 e. The molecule has 0 fully saturated rings. The van der Waals surface area contributed by atoms with Gasteiger partial charge in [-0.05, 0) is 6.42 Å². The van der Waals surface area contributed by atoms with E-state index in [-0.39, 0.29) is 6.29 Å². The van der Waals surface area contributed by atoms with Crippen LogP contribution in [0.1, 0.15) is 13.3 Å². The zero-order valence-electron chi connectivity index (χ0n) is 5.93. The Labute approximate surface area is 62.0 Å². The average Bonchev–Trinajstić information content (AvgIpc) is 1.85. The van der Waals surface area contributed by atoms with Crippen LogP contribution in [0.2, 0.25) is 0 Å². The van der Waals surface area contributed by atoms with Crippen LogP contribution in [0, 0.1) is 5.92 Å². The monoisotopic (exact) mass is 170 g/mol. The van der Waals surface area contributed by atoms with Crippen LogP contribution in [0.4, 0.5) is 13.2 Å². The van der Waals surface area contributed by atoms with Crippen molar-refractivity contribution in [2.45, 2.75) is 25.6 Å². The summed E-state index contributed by atoms with van der Waals surface area (Å²) in [5, 5.41) is 8.52. The van der Waals surface area contributed by atoms with Gasteiger partial charge in [0.25, 0.3) is 0 Å². The van der Waals surface area contributed by atoms with Gasteiger partial charge in [-0.2, -0.15) is 13.2 Å². The topological polar surface area (TPSA) is 37.3 Å². The predicted molar refractivity (Wildman–Crippen MR) is 31.9 cm³/mol. The van der Waals surface area contributed by atoms with Crippen LogP contribution in [-0.4, -0.2) is 23.7 Å². The number of hydrogen-bond donors (Lipinski definition) is 1. The van der Waals surface area contributed by atoms with E-state index in [1.54, 1.807) is 0 Å². The number of aliphatic hydroxyl groups is 1. The molecule has 0 aliphatic carbocycles. The number of carbonyl (C=O) groups is 1. The van der Waals surface area contributed by atoms with E-state index in [1.807, 2.05) is 0 Å². The van der Waals surface area contributed by atoms with Crippen LogP contribution >= 0.6 is 0 Å². The summed E-state index contributed by atoms with van der Waals surface area (Å²) in [4.78, 5) is 9.75. The predicted octanol–water partition coefficient (Wildman–Crippen LogP) is 1.13. The van der Waals surface area contributed by atoms with Crippen molar-refractivity contribution in [2.24, 2.45) is 5.92 Å². The normalized spacial score (nSPS) is 17.5. The van der Waals surface area contributed by atoms with Gasteiger partial charge in [0.15, 0.2) is 0 Å². The van der Waals surface area contributed by atoms with E-state index in [2.05, 4.69) is 0 Å². The maximum Gasteiger partial charge on any atom is 0.391 e. The third-order valence-electron chi connectivity index (χ3n) is 1.31. The summed E-state index contributed by atoms with van der Waals surface area (Å²) < 4.78 is 35.2. The van der Waals surface area contributed by atoms with Crippen molar-refractivity contribution in [3.63, 3.8) is 0 Å². The van der Waals surface area contributed by atoms with Crippen molar-refractivity contribution in [2.75, 3.05) is 0 Å². The zero-order valence-corrected chi connectivity index (χ0v) is 5.93. The third-order valence-corrected chi connectivity index (χ3v) is 1.31. The lowest BCUT2D eigenvalue weighted by molar-refractivity contribution is -0.176. The van der Waals surface area contributed by atoms with E-state index in [0.29, 0.717) is 0 Å². The van der Waals surface area contributed by atoms with Gasteiger partial charge in [-0.3, -0.25) is 0 Å². The Bertz CT molecular complexity index is 132. The molecule has 0 aliphatic heterocycles. The van der Waals surface area contributed by atoms with Crippen LogP contribution in [0.5, 0.6) is 0 Å². The zero-order chi connectivity index (χ0) is 9.07. The van der Waals surface area contributed by atoms with E-state index in [9.17, 15) is 18.0 Å². The fraction of sp³-hybridized carbons (Fsp3) is 0.833. The number of hydrogen-bond acceptors (Lipinski definition) is 2. The summed E-state index contributed by atoms with van der Waals surface area (Å²) in [7, 11) is 0. The number of alkyl halides is 3. The van der Waals surface area contributed by atoms with Crippen molar-refractivity contribution in [1.82, 2.24) is 0 Å². The van der Waals surface area contributed by atoms with Crippen LogP contribution in [0.3, 0.4) is 0 Å².